The van der Waals surface area contributed by atoms with E-state index in [0.717, 1.165) is 23.7 Å². The van der Waals surface area contributed by atoms with Crippen molar-refractivity contribution in [3.05, 3.63) is 28.8 Å². The van der Waals surface area contributed by atoms with Crippen molar-refractivity contribution in [1.29, 1.82) is 0 Å². The van der Waals surface area contributed by atoms with Crippen molar-refractivity contribution in [2.75, 3.05) is 18.0 Å². The Kier molecular flexibility index (Phi) is 4.51. The lowest BCUT2D eigenvalue weighted by Gasteiger charge is -2.37. The van der Waals surface area contributed by atoms with Crippen LogP contribution in [0.2, 0.25) is 5.02 Å². The maximum atomic E-state index is 6.01. The number of alkyl halides is 1. The number of benzene rings is 1. The highest BCUT2D eigenvalue weighted by atomic mass is 35.5. The minimum Gasteiger partial charge on any atom is -0.369 e. The van der Waals surface area contributed by atoms with Crippen LogP contribution in [-0.2, 0) is 5.88 Å². The van der Waals surface area contributed by atoms with Crippen LogP contribution in [0.15, 0.2) is 18.2 Å². The van der Waals surface area contributed by atoms with E-state index in [1.165, 1.54) is 5.69 Å². The Morgan fingerprint density at radius 3 is 2.53 bits per heavy atom. The van der Waals surface area contributed by atoms with Crippen LogP contribution in [-0.4, -0.2) is 23.6 Å². The second kappa shape index (κ2) is 5.73. The van der Waals surface area contributed by atoms with Gasteiger partial charge in [0.25, 0.3) is 0 Å². The van der Waals surface area contributed by atoms with E-state index < -0.39 is 0 Å². The minimum absolute atomic E-state index is 0.516. The van der Waals surface area contributed by atoms with Crippen molar-refractivity contribution < 1.29 is 0 Å². The number of thioether (sulfide) groups is 1. The molecule has 1 aromatic carbocycles. The van der Waals surface area contributed by atoms with E-state index in [0.29, 0.717) is 16.4 Å². The van der Waals surface area contributed by atoms with E-state index in [1.54, 1.807) is 0 Å². The highest BCUT2D eigenvalue weighted by Gasteiger charge is 2.23. The van der Waals surface area contributed by atoms with Crippen LogP contribution in [0.5, 0.6) is 0 Å². The number of hydrogen-bond acceptors (Lipinski definition) is 2. The molecule has 1 aliphatic heterocycles. The van der Waals surface area contributed by atoms with Gasteiger partial charge in [-0.25, -0.2) is 0 Å². The van der Waals surface area contributed by atoms with Gasteiger partial charge in [0, 0.05) is 40.2 Å². The van der Waals surface area contributed by atoms with Gasteiger partial charge in [0.15, 0.2) is 0 Å². The maximum Gasteiger partial charge on any atom is 0.0495 e. The summed E-state index contributed by atoms with van der Waals surface area (Å²) in [5.41, 5.74) is 2.37. The maximum absolute atomic E-state index is 6.01. The average molecular weight is 290 g/mol. The average Bonchev–Trinajstić information content (AvgIpc) is 2.27. The zero-order valence-electron chi connectivity index (χ0n) is 10.1. The van der Waals surface area contributed by atoms with E-state index in [4.69, 9.17) is 23.2 Å². The summed E-state index contributed by atoms with van der Waals surface area (Å²) in [6.45, 7) is 6.73. The van der Waals surface area contributed by atoms with Crippen LogP contribution in [0.1, 0.15) is 19.4 Å². The first kappa shape index (κ1) is 13.4. The Morgan fingerprint density at radius 1 is 1.29 bits per heavy atom. The summed E-state index contributed by atoms with van der Waals surface area (Å²) in [6.07, 6.45) is 0. The van der Waals surface area contributed by atoms with Crippen molar-refractivity contribution in [3.63, 3.8) is 0 Å². The molecule has 94 valence electrons. The summed E-state index contributed by atoms with van der Waals surface area (Å²) in [7, 11) is 0. The van der Waals surface area contributed by atoms with Crippen molar-refractivity contribution >= 4 is 40.7 Å². The highest BCUT2D eigenvalue weighted by molar-refractivity contribution is 8.00. The smallest absolute Gasteiger partial charge is 0.0495 e. The molecule has 17 heavy (non-hydrogen) atoms. The monoisotopic (exact) mass is 289 g/mol. The summed E-state index contributed by atoms with van der Waals surface area (Å²) < 4.78 is 0. The lowest BCUT2D eigenvalue weighted by atomic mass is 10.1. The van der Waals surface area contributed by atoms with Gasteiger partial charge in [-0.15, -0.1) is 11.6 Å². The summed E-state index contributed by atoms with van der Waals surface area (Å²) in [5.74, 6) is 0.516. The molecule has 1 heterocycles. The standard InChI is InChI=1S/C13H17Cl2NS/c1-9-7-16(8-10(2)17-9)13-4-3-12(15)5-11(13)6-14/h3-5,9-10H,6-8H2,1-2H3. The first-order chi connectivity index (χ1) is 8.10. The Bertz CT molecular complexity index is 387. The molecule has 0 bridgehead atoms. The first-order valence-electron chi connectivity index (χ1n) is 5.85. The Hall–Kier alpha value is -0.0500. The fourth-order valence-corrected chi connectivity index (χ4v) is 4.08. The van der Waals surface area contributed by atoms with Gasteiger partial charge in [0.2, 0.25) is 0 Å². The van der Waals surface area contributed by atoms with E-state index in [2.05, 4.69) is 36.6 Å². The van der Waals surface area contributed by atoms with Crippen molar-refractivity contribution in [2.45, 2.75) is 30.2 Å². The molecule has 1 fully saturated rings. The molecular weight excluding hydrogens is 273 g/mol. The SMILES string of the molecule is CC1CN(c2ccc(Cl)cc2CCl)CC(C)S1. The summed E-state index contributed by atoms with van der Waals surface area (Å²) in [6, 6.07) is 6.01. The number of rotatable bonds is 2. The highest BCUT2D eigenvalue weighted by Crippen LogP contribution is 2.32. The molecule has 0 radical (unpaired) electrons. The van der Waals surface area contributed by atoms with Gasteiger partial charge < -0.3 is 4.90 Å². The van der Waals surface area contributed by atoms with Gasteiger partial charge >= 0.3 is 0 Å². The summed E-state index contributed by atoms with van der Waals surface area (Å²) >= 11 is 14.1. The lowest BCUT2D eigenvalue weighted by molar-refractivity contribution is 0.726. The van der Waals surface area contributed by atoms with E-state index in [-0.39, 0.29) is 0 Å². The van der Waals surface area contributed by atoms with Crippen LogP contribution in [0, 0.1) is 0 Å². The minimum atomic E-state index is 0.516. The molecule has 2 atom stereocenters. The Morgan fingerprint density at radius 2 is 1.94 bits per heavy atom. The van der Waals surface area contributed by atoms with Crippen molar-refractivity contribution in [2.24, 2.45) is 0 Å². The molecule has 0 spiro atoms. The van der Waals surface area contributed by atoms with Gasteiger partial charge in [-0.05, 0) is 23.8 Å². The van der Waals surface area contributed by atoms with Crippen LogP contribution < -0.4 is 4.90 Å². The predicted octanol–water partition coefficient (Wildman–Crippen LogP) is 4.41. The molecule has 2 rings (SSSR count). The quantitative estimate of drug-likeness (QED) is 0.742. The topological polar surface area (TPSA) is 3.24 Å². The van der Waals surface area contributed by atoms with Crippen LogP contribution in [0.25, 0.3) is 0 Å². The normalized spacial score (nSPS) is 25.1. The van der Waals surface area contributed by atoms with E-state index in [9.17, 15) is 0 Å². The summed E-state index contributed by atoms with van der Waals surface area (Å²) in [5, 5.41) is 2.09. The second-order valence-electron chi connectivity index (χ2n) is 4.57. The Balaban J connectivity index is 2.26. The molecule has 1 aliphatic rings. The van der Waals surface area contributed by atoms with Gasteiger partial charge in [-0.1, -0.05) is 25.4 Å². The molecule has 1 nitrogen and oxygen atoms in total. The summed E-state index contributed by atoms with van der Waals surface area (Å²) in [4.78, 5) is 2.43. The first-order valence-corrected chi connectivity index (χ1v) is 7.70. The molecule has 0 amide bonds. The third kappa shape index (κ3) is 3.24. The van der Waals surface area contributed by atoms with Crippen LogP contribution in [0.4, 0.5) is 5.69 Å². The molecular formula is C13H17Cl2NS. The number of nitrogens with zero attached hydrogens (tertiary/aromatic N) is 1. The lowest BCUT2D eigenvalue weighted by Crippen LogP contribution is -2.40. The van der Waals surface area contributed by atoms with Crippen molar-refractivity contribution in [1.82, 2.24) is 0 Å². The van der Waals surface area contributed by atoms with Gasteiger partial charge in [0.05, 0.1) is 0 Å². The van der Waals surface area contributed by atoms with Gasteiger partial charge in [-0.3, -0.25) is 0 Å². The predicted molar refractivity (Wildman–Crippen MR) is 79.7 cm³/mol. The largest absolute Gasteiger partial charge is 0.369 e. The molecule has 2 unspecified atom stereocenters. The fourth-order valence-electron chi connectivity index (χ4n) is 2.34. The molecule has 0 saturated carbocycles. The molecule has 1 saturated heterocycles. The number of anilines is 1. The third-order valence-corrected chi connectivity index (χ3v) is 4.70. The van der Waals surface area contributed by atoms with Crippen LogP contribution in [0.3, 0.4) is 0 Å². The second-order valence-corrected chi connectivity index (χ2v) is 7.15. The molecule has 0 N–H and O–H groups in total. The number of halogens is 2. The van der Waals surface area contributed by atoms with E-state index >= 15 is 0 Å². The third-order valence-electron chi connectivity index (χ3n) is 2.95. The fraction of sp³-hybridized carbons (Fsp3) is 0.538. The zero-order chi connectivity index (χ0) is 12.4. The molecule has 1 aromatic rings. The van der Waals surface area contributed by atoms with Crippen molar-refractivity contribution in [3.8, 4) is 0 Å². The van der Waals surface area contributed by atoms with Gasteiger partial charge in [0.1, 0.15) is 0 Å². The van der Waals surface area contributed by atoms with Crippen LogP contribution >= 0.6 is 35.0 Å². The Labute approximate surface area is 117 Å². The zero-order valence-corrected chi connectivity index (χ0v) is 12.4. The molecule has 0 aromatic heterocycles. The molecule has 4 heteroatoms. The number of hydrogen-bond donors (Lipinski definition) is 0. The van der Waals surface area contributed by atoms with Gasteiger partial charge in [-0.2, -0.15) is 11.8 Å². The van der Waals surface area contributed by atoms with E-state index in [1.807, 2.05) is 12.1 Å². The molecule has 0 aliphatic carbocycles.